The van der Waals surface area contributed by atoms with Gasteiger partial charge in [0.2, 0.25) is 11.7 Å². The van der Waals surface area contributed by atoms with Crippen molar-refractivity contribution in [3.05, 3.63) is 17.7 Å². The fraction of sp³-hybridized carbons (Fsp3) is 0.632. The average Bonchev–Trinajstić information content (AvgIpc) is 2.97. The van der Waals surface area contributed by atoms with Crippen LogP contribution >= 0.6 is 0 Å². The number of fused-ring (bicyclic) bond motifs is 2. The first kappa shape index (κ1) is 17.9. The number of nitrogens with one attached hydrogen (secondary N) is 2. The summed E-state index contributed by atoms with van der Waals surface area (Å²) in [5, 5.41) is 6.64. The van der Waals surface area contributed by atoms with E-state index < -0.39 is 0 Å². The molecule has 0 aromatic heterocycles. The van der Waals surface area contributed by atoms with Crippen LogP contribution in [-0.4, -0.2) is 39.3 Å². The maximum Gasteiger partial charge on any atom is 0.220 e. The zero-order chi connectivity index (χ0) is 17.8. The quantitative estimate of drug-likeness (QED) is 0.791. The molecule has 2 atom stereocenters. The third-order valence-electron chi connectivity index (χ3n) is 5.26. The van der Waals surface area contributed by atoms with E-state index in [1.54, 1.807) is 21.3 Å². The van der Waals surface area contributed by atoms with Gasteiger partial charge in [0.25, 0.3) is 0 Å². The second-order valence-electron chi connectivity index (χ2n) is 6.99. The summed E-state index contributed by atoms with van der Waals surface area (Å²) in [6.45, 7) is 0.452. The van der Waals surface area contributed by atoms with Crippen LogP contribution in [0.5, 0.6) is 17.2 Å². The lowest BCUT2D eigenvalue weighted by atomic mass is 9.89. The molecule has 0 radical (unpaired) electrons. The molecule has 138 valence electrons. The fourth-order valence-electron chi connectivity index (χ4n) is 4.11. The number of amides is 1. The summed E-state index contributed by atoms with van der Waals surface area (Å²) in [6.07, 6.45) is 5.36. The van der Waals surface area contributed by atoms with Crippen molar-refractivity contribution < 1.29 is 19.0 Å². The summed E-state index contributed by atoms with van der Waals surface area (Å²) in [5.74, 6) is 2.37. The predicted octanol–water partition coefficient (Wildman–Crippen LogP) is 2.25. The Labute approximate surface area is 149 Å². The van der Waals surface area contributed by atoms with Crippen molar-refractivity contribution in [2.45, 2.75) is 50.7 Å². The van der Waals surface area contributed by atoms with E-state index in [2.05, 4.69) is 10.6 Å². The van der Waals surface area contributed by atoms with Gasteiger partial charge >= 0.3 is 0 Å². The minimum absolute atomic E-state index is 0.111. The van der Waals surface area contributed by atoms with Crippen molar-refractivity contribution in [1.82, 2.24) is 10.6 Å². The van der Waals surface area contributed by atoms with Gasteiger partial charge in [0, 0.05) is 25.0 Å². The van der Waals surface area contributed by atoms with Gasteiger partial charge in [0.1, 0.15) is 0 Å². The standard InChI is InChI=1S/C19H28N2O4/c1-23-16-8-13(9-17(24-2)19(16)25-3)11-20-18(22)10-12-6-14-4-5-15(7-12)21-14/h8-9,12,14-15,21H,4-7,10-11H2,1-3H3,(H,20,22). The molecule has 0 saturated carbocycles. The molecule has 2 bridgehead atoms. The summed E-state index contributed by atoms with van der Waals surface area (Å²) in [6, 6.07) is 4.97. The number of benzene rings is 1. The molecular formula is C19H28N2O4. The van der Waals surface area contributed by atoms with Crippen molar-refractivity contribution in [3.63, 3.8) is 0 Å². The normalized spacial score (nSPS) is 24.7. The topological polar surface area (TPSA) is 68.8 Å². The van der Waals surface area contributed by atoms with Crippen molar-refractivity contribution >= 4 is 5.91 Å². The number of carbonyl (C=O) groups is 1. The van der Waals surface area contributed by atoms with E-state index in [-0.39, 0.29) is 5.91 Å². The van der Waals surface area contributed by atoms with E-state index in [1.165, 1.54) is 12.8 Å². The zero-order valence-electron chi connectivity index (χ0n) is 15.3. The molecule has 0 spiro atoms. The van der Waals surface area contributed by atoms with Crippen LogP contribution in [0.2, 0.25) is 0 Å². The maximum atomic E-state index is 12.3. The molecule has 6 heteroatoms. The molecule has 2 N–H and O–H groups in total. The van der Waals surface area contributed by atoms with E-state index in [0.717, 1.165) is 18.4 Å². The van der Waals surface area contributed by atoms with Crippen molar-refractivity contribution in [1.29, 1.82) is 0 Å². The number of piperidine rings is 1. The molecule has 2 unspecified atom stereocenters. The summed E-state index contributed by atoms with van der Waals surface area (Å²) >= 11 is 0. The second-order valence-corrected chi connectivity index (χ2v) is 6.99. The molecule has 25 heavy (non-hydrogen) atoms. The summed E-state index contributed by atoms with van der Waals surface area (Å²) in [5.41, 5.74) is 0.924. The summed E-state index contributed by atoms with van der Waals surface area (Å²) in [4.78, 5) is 12.3. The molecule has 1 aromatic rings. The molecule has 2 saturated heterocycles. The van der Waals surface area contributed by atoms with E-state index in [0.29, 0.717) is 48.2 Å². The Morgan fingerprint density at radius 1 is 1.08 bits per heavy atom. The van der Waals surface area contributed by atoms with Crippen molar-refractivity contribution in [2.75, 3.05) is 21.3 Å². The first-order valence-electron chi connectivity index (χ1n) is 8.94. The zero-order valence-corrected chi connectivity index (χ0v) is 15.3. The van der Waals surface area contributed by atoms with Crippen molar-refractivity contribution in [3.8, 4) is 17.2 Å². The molecule has 2 fully saturated rings. The Morgan fingerprint density at radius 3 is 2.20 bits per heavy atom. The third kappa shape index (κ3) is 4.18. The van der Waals surface area contributed by atoms with Crippen LogP contribution in [0.3, 0.4) is 0 Å². The molecule has 1 aromatic carbocycles. The van der Waals surface area contributed by atoms with Crippen LogP contribution in [0, 0.1) is 5.92 Å². The van der Waals surface area contributed by atoms with Gasteiger partial charge < -0.3 is 24.8 Å². The predicted molar refractivity (Wildman–Crippen MR) is 95.2 cm³/mol. The van der Waals surface area contributed by atoms with Gasteiger partial charge in [-0.3, -0.25) is 4.79 Å². The fourth-order valence-corrected chi connectivity index (χ4v) is 4.11. The molecule has 6 nitrogen and oxygen atoms in total. The highest BCUT2D eigenvalue weighted by Gasteiger charge is 2.34. The Balaban J connectivity index is 1.56. The Kier molecular flexibility index (Phi) is 5.68. The van der Waals surface area contributed by atoms with Gasteiger partial charge in [-0.2, -0.15) is 0 Å². The maximum absolute atomic E-state index is 12.3. The number of hydrogen-bond acceptors (Lipinski definition) is 5. The minimum atomic E-state index is 0.111. The Bertz CT molecular complexity index is 582. The minimum Gasteiger partial charge on any atom is -0.493 e. The molecular weight excluding hydrogens is 320 g/mol. The molecule has 1 amide bonds. The first-order valence-corrected chi connectivity index (χ1v) is 8.94. The van der Waals surface area contributed by atoms with Gasteiger partial charge in [-0.25, -0.2) is 0 Å². The van der Waals surface area contributed by atoms with Crippen LogP contribution in [0.25, 0.3) is 0 Å². The van der Waals surface area contributed by atoms with Crippen LogP contribution in [0.1, 0.15) is 37.7 Å². The number of ether oxygens (including phenoxy) is 3. The lowest BCUT2D eigenvalue weighted by Gasteiger charge is -2.28. The van der Waals surface area contributed by atoms with E-state index in [4.69, 9.17) is 14.2 Å². The van der Waals surface area contributed by atoms with Gasteiger partial charge in [-0.15, -0.1) is 0 Å². The van der Waals surface area contributed by atoms with Crippen molar-refractivity contribution in [2.24, 2.45) is 5.92 Å². The molecule has 0 aliphatic carbocycles. The first-order chi connectivity index (χ1) is 12.1. The summed E-state index contributed by atoms with van der Waals surface area (Å²) < 4.78 is 16.0. The van der Waals surface area contributed by atoms with Gasteiger partial charge in [0.05, 0.1) is 21.3 Å². The SMILES string of the molecule is COc1cc(CNC(=O)CC2CC3CCC(C2)N3)cc(OC)c1OC. The monoisotopic (exact) mass is 348 g/mol. The smallest absolute Gasteiger partial charge is 0.220 e. The summed E-state index contributed by atoms with van der Waals surface area (Å²) in [7, 11) is 4.75. The van der Waals surface area contributed by atoms with E-state index >= 15 is 0 Å². The Morgan fingerprint density at radius 2 is 1.68 bits per heavy atom. The van der Waals surface area contributed by atoms with E-state index in [1.807, 2.05) is 12.1 Å². The second kappa shape index (κ2) is 7.95. The van der Waals surface area contributed by atoms with Crippen LogP contribution in [0.15, 0.2) is 12.1 Å². The van der Waals surface area contributed by atoms with Gasteiger partial charge in [-0.1, -0.05) is 0 Å². The van der Waals surface area contributed by atoms with Crippen LogP contribution in [-0.2, 0) is 11.3 Å². The number of rotatable bonds is 7. The van der Waals surface area contributed by atoms with E-state index in [9.17, 15) is 4.79 Å². The number of hydrogen-bond donors (Lipinski definition) is 2. The highest BCUT2D eigenvalue weighted by Crippen LogP contribution is 2.38. The lowest BCUT2D eigenvalue weighted by molar-refractivity contribution is -0.122. The number of methoxy groups -OCH3 is 3. The van der Waals surface area contributed by atoms with Crippen LogP contribution in [0.4, 0.5) is 0 Å². The average molecular weight is 348 g/mol. The lowest BCUT2D eigenvalue weighted by Crippen LogP contribution is -2.39. The Hall–Kier alpha value is -1.95. The molecule has 2 aliphatic heterocycles. The molecule has 2 heterocycles. The van der Waals surface area contributed by atoms with Gasteiger partial charge in [0.15, 0.2) is 11.5 Å². The highest BCUT2D eigenvalue weighted by atomic mass is 16.5. The van der Waals surface area contributed by atoms with Gasteiger partial charge in [-0.05, 0) is 49.3 Å². The third-order valence-corrected chi connectivity index (χ3v) is 5.26. The largest absolute Gasteiger partial charge is 0.493 e. The van der Waals surface area contributed by atoms with Crippen LogP contribution < -0.4 is 24.8 Å². The molecule has 2 aliphatic rings. The highest BCUT2D eigenvalue weighted by molar-refractivity contribution is 5.76. The number of carbonyl (C=O) groups excluding carboxylic acids is 1. The molecule has 3 rings (SSSR count).